The molecule has 0 aliphatic carbocycles. The van der Waals surface area contributed by atoms with Crippen LogP contribution in [0.5, 0.6) is 0 Å². The van der Waals surface area contributed by atoms with E-state index in [0.717, 1.165) is 35.9 Å². The third-order valence-corrected chi connectivity index (χ3v) is 2.41. The third-order valence-electron chi connectivity index (χ3n) is 2.41. The Labute approximate surface area is 97.2 Å². The van der Waals surface area contributed by atoms with Crippen molar-refractivity contribution in [2.75, 3.05) is 18.0 Å². The lowest BCUT2D eigenvalue weighted by Gasteiger charge is -2.21. The average molecular weight is 220 g/mol. The van der Waals surface area contributed by atoms with Gasteiger partial charge in [0.2, 0.25) is 5.95 Å². The monoisotopic (exact) mass is 220 g/mol. The summed E-state index contributed by atoms with van der Waals surface area (Å²) in [4.78, 5) is 10.9. The Morgan fingerprint density at radius 1 is 1.56 bits per heavy atom. The van der Waals surface area contributed by atoms with E-state index in [1.807, 2.05) is 13.8 Å². The van der Waals surface area contributed by atoms with Crippen molar-refractivity contribution in [1.29, 1.82) is 0 Å². The zero-order valence-electron chi connectivity index (χ0n) is 10.3. The Balaban J connectivity index is 2.93. The SMILES string of the molecule is C=C(C)CN(CC)c1ncc(CN)c(C)n1. The van der Waals surface area contributed by atoms with Crippen molar-refractivity contribution < 1.29 is 0 Å². The minimum atomic E-state index is 0.485. The molecule has 0 fully saturated rings. The van der Waals surface area contributed by atoms with Crippen molar-refractivity contribution in [3.63, 3.8) is 0 Å². The van der Waals surface area contributed by atoms with Crippen LogP contribution >= 0.6 is 0 Å². The molecule has 1 rings (SSSR count). The molecule has 0 atom stereocenters. The quantitative estimate of drug-likeness (QED) is 0.767. The summed E-state index contributed by atoms with van der Waals surface area (Å²) in [6.07, 6.45) is 1.80. The number of aryl methyl sites for hydroxylation is 1. The Morgan fingerprint density at radius 2 is 2.25 bits per heavy atom. The second-order valence-electron chi connectivity index (χ2n) is 3.96. The van der Waals surface area contributed by atoms with E-state index in [0.29, 0.717) is 6.54 Å². The number of nitrogens with zero attached hydrogens (tertiary/aromatic N) is 3. The molecule has 4 heteroatoms. The molecule has 0 radical (unpaired) electrons. The maximum atomic E-state index is 5.58. The number of nitrogens with two attached hydrogens (primary N) is 1. The van der Waals surface area contributed by atoms with Crippen molar-refractivity contribution in [2.24, 2.45) is 5.73 Å². The lowest BCUT2D eigenvalue weighted by molar-refractivity contribution is 0.819. The first-order valence-electron chi connectivity index (χ1n) is 5.50. The summed E-state index contributed by atoms with van der Waals surface area (Å²) in [6, 6.07) is 0. The zero-order valence-corrected chi connectivity index (χ0v) is 10.3. The Hall–Kier alpha value is -1.42. The molecule has 0 unspecified atom stereocenters. The topological polar surface area (TPSA) is 55.0 Å². The van der Waals surface area contributed by atoms with E-state index < -0.39 is 0 Å². The maximum Gasteiger partial charge on any atom is 0.225 e. The standard InChI is InChI=1S/C12H20N4/c1-5-16(8-9(2)3)12-14-7-11(6-13)10(4)15-12/h7H,2,5-6,8,13H2,1,3-4H3. The van der Waals surface area contributed by atoms with Crippen LogP contribution < -0.4 is 10.6 Å². The molecule has 88 valence electrons. The summed E-state index contributed by atoms with van der Waals surface area (Å²) in [5.74, 6) is 0.750. The largest absolute Gasteiger partial charge is 0.337 e. The minimum Gasteiger partial charge on any atom is -0.337 e. The van der Waals surface area contributed by atoms with Crippen LogP contribution in [-0.2, 0) is 6.54 Å². The average Bonchev–Trinajstić information content (AvgIpc) is 2.25. The summed E-state index contributed by atoms with van der Waals surface area (Å²) in [5, 5.41) is 0. The summed E-state index contributed by atoms with van der Waals surface area (Å²) < 4.78 is 0. The van der Waals surface area contributed by atoms with Crippen molar-refractivity contribution in [2.45, 2.75) is 27.3 Å². The zero-order chi connectivity index (χ0) is 12.1. The first-order chi connectivity index (χ1) is 7.58. The molecule has 0 bridgehead atoms. The Morgan fingerprint density at radius 3 is 2.69 bits per heavy atom. The van der Waals surface area contributed by atoms with Crippen LogP contribution in [0.3, 0.4) is 0 Å². The highest BCUT2D eigenvalue weighted by Crippen LogP contribution is 2.11. The first-order valence-corrected chi connectivity index (χ1v) is 5.50. The van der Waals surface area contributed by atoms with Gasteiger partial charge in [-0.2, -0.15) is 0 Å². The summed E-state index contributed by atoms with van der Waals surface area (Å²) in [5.41, 5.74) is 8.63. The first kappa shape index (κ1) is 12.6. The number of likely N-dealkylation sites (N-methyl/N-ethyl adjacent to an activating group) is 1. The highest BCUT2D eigenvalue weighted by Gasteiger charge is 2.09. The molecular weight excluding hydrogens is 200 g/mol. The molecular formula is C12H20N4. The van der Waals surface area contributed by atoms with Gasteiger partial charge in [-0.05, 0) is 20.8 Å². The van der Waals surface area contributed by atoms with Crippen molar-refractivity contribution >= 4 is 5.95 Å². The predicted molar refractivity (Wildman–Crippen MR) is 67.4 cm³/mol. The molecule has 0 aliphatic heterocycles. The van der Waals surface area contributed by atoms with Gasteiger partial charge in [0.15, 0.2) is 0 Å². The van der Waals surface area contributed by atoms with E-state index in [1.165, 1.54) is 0 Å². The molecule has 1 aromatic rings. The molecule has 2 N–H and O–H groups in total. The third kappa shape index (κ3) is 3.03. The van der Waals surface area contributed by atoms with E-state index in [9.17, 15) is 0 Å². The van der Waals surface area contributed by atoms with Gasteiger partial charge in [0.25, 0.3) is 0 Å². The second-order valence-corrected chi connectivity index (χ2v) is 3.96. The van der Waals surface area contributed by atoms with Gasteiger partial charge in [-0.15, -0.1) is 0 Å². The predicted octanol–water partition coefficient (Wildman–Crippen LogP) is 1.65. The molecule has 0 spiro atoms. The van der Waals surface area contributed by atoms with Gasteiger partial charge in [0, 0.05) is 37.1 Å². The Kier molecular flexibility index (Phi) is 4.43. The number of rotatable bonds is 5. The van der Waals surface area contributed by atoms with Crippen LogP contribution in [0.4, 0.5) is 5.95 Å². The normalized spacial score (nSPS) is 10.2. The fraction of sp³-hybridized carbons (Fsp3) is 0.500. The van der Waals surface area contributed by atoms with E-state index >= 15 is 0 Å². The maximum absolute atomic E-state index is 5.58. The number of anilines is 1. The molecule has 1 aromatic heterocycles. The van der Waals surface area contributed by atoms with Crippen molar-refractivity contribution in [3.05, 3.63) is 29.6 Å². The second kappa shape index (κ2) is 5.61. The van der Waals surface area contributed by atoms with Gasteiger partial charge >= 0.3 is 0 Å². The van der Waals surface area contributed by atoms with Gasteiger partial charge in [0.05, 0.1) is 0 Å². The molecule has 4 nitrogen and oxygen atoms in total. The Bertz CT molecular complexity index is 373. The molecule has 16 heavy (non-hydrogen) atoms. The number of hydrogen-bond acceptors (Lipinski definition) is 4. The summed E-state index contributed by atoms with van der Waals surface area (Å²) in [7, 11) is 0. The van der Waals surface area contributed by atoms with Crippen molar-refractivity contribution in [3.8, 4) is 0 Å². The fourth-order valence-corrected chi connectivity index (χ4v) is 1.48. The molecule has 0 aromatic carbocycles. The van der Waals surface area contributed by atoms with Crippen molar-refractivity contribution in [1.82, 2.24) is 9.97 Å². The fourth-order valence-electron chi connectivity index (χ4n) is 1.48. The lowest BCUT2D eigenvalue weighted by Crippen LogP contribution is -2.27. The molecule has 0 saturated heterocycles. The van der Waals surface area contributed by atoms with Gasteiger partial charge < -0.3 is 10.6 Å². The van der Waals surface area contributed by atoms with Crippen LogP contribution in [0.15, 0.2) is 18.3 Å². The molecule has 0 saturated carbocycles. The number of hydrogen-bond donors (Lipinski definition) is 1. The highest BCUT2D eigenvalue weighted by atomic mass is 15.2. The van der Waals surface area contributed by atoms with Gasteiger partial charge in [-0.1, -0.05) is 12.2 Å². The van der Waals surface area contributed by atoms with E-state index in [2.05, 4.69) is 28.4 Å². The van der Waals surface area contributed by atoms with Gasteiger partial charge in [-0.25, -0.2) is 9.97 Å². The molecule has 0 amide bonds. The smallest absolute Gasteiger partial charge is 0.225 e. The number of aromatic nitrogens is 2. The molecule has 0 aliphatic rings. The summed E-state index contributed by atoms with van der Waals surface area (Å²) >= 11 is 0. The van der Waals surface area contributed by atoms with Crippen LogP contribution in [0.2, 0.25) is 0 Å². The van der Waals surface area contributed by atoms with Gasteiger partial charge in [-0.3, -0.25) is 0 Å². The van der Waals surface area contributed by atoms with E-state index in [4.69, 9.17) is 5.73 Å². The van der Waals surface area contributed by atoms with Gasteiger partial charge in [0.1, 0.15) is 0 Å². The lowest BCUT2D eigenvalue weighted by atomic mass is 10.2. The highest BCUT2D eigenvalue weighted by molar-refractivity contribution is 5.34. The molecule has 1 heterocycles. The van der Waals surface area contributed by atoms with E-state index in [1.54, 1.807) is 6.20 Å². The minimum absolute atomic E-state index is 0.485. The summed E-state index contributed by atoms with van der Waals surface area (Å²) in [6.45, 7) is 12.1. The van der Waals surface area contributed by atoms with E-state index in [-0.39, 0.29) is 0 Å². The van der Waals surface area contributed by atoms with Crippen LogP contribution in [0.25, 0.3) is 0 Å². The van der Waals surface area contributed by atoms with Crippen LogP contribution in [0.1, 0.15) is 25.1 Å². The van der Waals surface area contributed by atoms with Crippen LogP contribution in [-0.4, -0.2) is 23.1 Å². The van der Waals surface area contributed by atoms with Crippen LogP contribution in [0, 0.1) is 6.92 Å².